The van der Waals surface area contributed by atoms with Crippen LogP contribution < -0.4 is 9.64 Å². The van der Waals surface area contributed by atoms with Crippen molar-refractivity contribution < 1.29 is 14.6 Å². The minimum absolute atomic E-state index is 0.0734. The maximum absolute atomic E-state index is 12.8. The topological polar surface area (TPSA) is 91.7 Å². The van der Waals surface area contributed by atoms with Gasteiger partial charge in [-0.1, -0.05) is 17.7 Å². The van der Waals surface area contributed by atoms with E-state index in [1.54, 1.807) is 38.7 Å². The Bertz CT molecular complexity index is 1210. The highest BCUT2D eigenvalue weighted by Crippen LogP contribution is 2.57. The molecule has 9 heteroatoms. The van der Waals surface area contributed by atoms with Gasteiger partial charge in [0.15, 0.2) is 0 Å². The molecule has 2 aliphatic rings. The van der Waals surface area contributed by atoms with E-state index in [4.69, 9.17) is 21.4 Å². The fourth-order valence-corrected chi connectivity index (χ4v) is 4.55. The number of methoxy groups -OCH3 is 1. The van der Waals surface area contributed by atoms with Crippen molar-refractivity contribution in [3.63, 3.8) is 0 Å². The summed E-state index contributed by atoms with van der Waals surface area (Å²) in [4.78, 5) is 30.0. The number of pyridine rings is 1. The molecule has 8 nitrogen and oxygen atoms in total. The molecule has 1 aliphatic heterocycles. The summed E-state index contributed by atoms with van der Waals surface area (Å²) in [6.45, 7) is 1.00. The maximum Gasteiger partial charge on any atom is 0.253 e. The van der Waals surface area contributed by atoms with E-state index in [0.717, 1.165) is 30.6 Å². The number of aromatic nitrogens is 3. The lowest BCUT2D eigenvalue weighted by molar-refractivity contribution is 0.0767. The number of ether oxygens (including phenoxy) is 1. The van der Waals surface area contributed by atoms with Gasteiger partial charge in [0.05, 0.1) is 19.4 Å². The van der Waals surface area contributed by atoms with Gasteiger partial charge in [-0.2, -0.15) is 0 Å². The third kappa shape index (κ3) is 3.89. The summed E-state index contributed by atoms with van der Waals surface area (Å²) in [6, 6.07) is 9.24. The molecular formula is C24H24ClN5O3. The standard InChI is InChI=1S/C24H24ClN5O3/c1-29(7-8-31)22(32)15-3-4-18-20(9-15)30(14-24(18)5-6-24)23-26-12-16(13-27-23)19-10-17(25)11-21(28-19)33-2/h3-4,9-13,31H,5-8,14H2,1-2H3. The number of likely N-dealkylation sites (N-methyl/N-ethyl adjacent to an activating group) is 1. The molecule has 0 saturated heterocycles. The number of benzene rings is 1. The second-order valence-electron chi connectivity index (χ2n) is 8.53. The number of carbonyl (C=O) groups is 1. The van der Waals surface area contributed by atoms with Gasteiger partial charge in [0, 0.05) is 65.8 Å². The van der Waals surface area contributed by atoms with Crippen molar-refractivity contribution in [1.29, 1.82) is 0 Å². The monoisotopic (exact) mass is 465 g/mol. The highest BCUT2D eigenvalue weighted by atomic mass is 35.5. The van der Waals surface area contributed by atoms with E-state index in [1.165, 1.54) is 10.5 Å². The summed E-state index contributed by atoms with van der Waals surface area (Å²) in [7, 11) is 3.23. The van der Waals surface area contributed by atoms with Crippen molar-refractivity contribution in [3.8, 4) is 17.1 Å². The molecule has 170 valence electrons. The molecule has 0 bridgehead atoms. The second-order valence-corrected chi connectivity index (χ2v) is 8.97. The van der Waals surface area contributed by atoms with Gasteiger partial charge in [0.1, 0.15) is 0 Å². The first-order valence-electron chi connectivity index (χ1n) is 10.8. The second kappa shape index (κ2) is 8.28. The van der Waals surface area contributed by atoms with Crippen LogP contribution in [0.3, 0.4) is 0 Å². The van der Waals surface area contributed by atoms with Gasteiger partial charge in [-0.15, -0.1) is 0 Å². The minimum Gasteiger partial charge on any atom is -0.481 e. The zero-order valence-electron chi connectivity index (χ0n) is 18.5. The van der Waals surface area contributed by atoms with E-state index in [2.05, 4.69) is 25.9 Å². The Kier molecular flexibility index (Phi) is 5.42. The number of carbonyl (C=O) groups excluding carboxylic acids is 1. The largest absolute Gasteiger partial charge is 0.481 e. The molecule has 5 rings (SSSR count). The molecule has 0 atom stereocenters. The van der Waals surface area contributed by atoms with Gasteiger partial charge in [-0.05, 0) is 36.6 Å². The van der Waals surface area contributed by atoms with Crippen molar-refractivity contribution in [2.24, 2.45) is 0 Å². The molecule has 1 N–H and O–H groups in total. The summed E-state index contributed by atoms with van der Waals surface area (Å²) in [5, 5.41) is 9.69. The van der Waals surface area contributed by atoms with Gasteiger partial charge in [0.2, 0.25) is 11.8 Å². The molecule has 1 amide bonds. The van der Waals surface area contributed by atoms with Crippen LogP contribution in [0.2, 0.25) is 5.02 Å². The predicted molar refractivity (Wildman–Crippen MR) is 125 cm³/mol. The molecule has 1 aromatic carbocycles. The van der Waals surface area contributed by atoms with Crippen LogP contribution in [0, 0.1) is 0 Å². The maximum atomic E-state index is 12.8. The third-order valence-electron chi connectivity index (χ3n) is 6.35. The SMILES string of the molecule is COc1cc(Cl)cc(-c2cnc(N3CC4(CC4)c4ccc(C(=O)N(C)CCO)cc43)nc2)n1. The Balaban J connectivity index is 1.47. The fourth-order valence-electron chi connectivity index (χ4n) is 4.36. The zero-order valence-corrected chi connectivity index (χ0v) is 19.2. The van der Waals surface area contributed by atoms with Gasteiger partial charge < -0.3 is 19.6 Å². The zero-order chi connectivity index (χ0) is 23.2. The van der Waals surface area contributed by atoms with Crippen LogP contribution in [0.25, 0.3) is 11.3 Å². The Morgan fingerprint density at radius 2 is 2.00 bits per heavy atom. The number of halogens is 1. The molecule has 2 aromatic heterocycles. The molecule has 0 radical (unpaired) electrons. The number of rotatable bonds is 6. The summed E-state index contributed by atoms with van der Waals surface area (Å²) in [5.74, 6) is 0.876. The van der Waals surface area contributed by atoms with Crippen molar-refractivity contribution in [2.45, 2.75) is 18.3 Å². The average Bonchev–Trinajstić information content (AvgIpc) is 3.54. The highest BCUT2D eigenvalue weighted by Gasteiger charge is 2.52. The van der Waals surface area contributed by atoms with Crippen molar-refractivity contribution in [1.82, 2.24) is 19.9 Å². The Hall–Kier alpha value is -3.23. The number of nitrogens with zero attached hydrogens (tertiary/aromatic N) is 5. The first-order chi connectivity index (χ1) is 15.9. The van der Waals surface area contributed by atoms with E-state index < -0.39 is 0 Å². The first-order valence-corrected chi connectivity index (χ1v) is 11.1. The predicted octanol–water partition coefficient (Wildman–Crippen LogP) is 3.45. The van der Waals surface area contributed by atoms with E-state index in [1.807, 2.05) is 12.1 Å². The van der Waals surface area contributed by atoms with Crippen LogP contribution in [0.4, 0.5) is 11.6 Å². The minimum atomic E-state index is -0.124. The average molecular weight is 466 g/mol. The highest BCUT2D eigenvalue weighted by molar-refractivity contribution is 6.30. The molecule has 33 heavy (non-hydrogen) atoms. The Morgan fingerprint density at radius 1 is 1.24 bits per heavy atom. The first kappa shape index (κ1) is 21.6. The third-order valence-corrected chi connectivity index (χ3v) is 6.57. The van der Waals surface area contributed by atoms with E-state index in [0.29, 0.717) is 28.1 Å². The summed E-state index contributed by atoms with van der Waals surface area (Å²) in [6.07, 6.45) is 5.67. The normalized spacial score (nSPS) is 15.5. The number of amides is 1. The molecular weight excluding hydrogens is 442 g/mol. The van der Waals surface area contributed by atoms with Gasteiger partial charge in [0.25, 0.3) is 5.91 Å². The molecule has 1 fully saturated rings. The van der Waals surface area contributed by atoms with Crippen LogP contribution in [0.1, 0.15) is 28.8 Å². The van der Waals surface area contributed by atoms with E-state index >= 15 is 0 Å². The number of aliphatic hydroxyl groups excluding tert-OH is 1. The fraction of sp³-hybridized carbons (Fsp3) is 0.333. The quantitative estimate of drug-likeness (QED) is 0.596. The smallest absolute Gasteiger partial charge is 0.253 e. The molecule has 3 heterocycles. The van der Waals surface area contributed by atoms with Crippen LogP contribution in [-0.2, 0) is 5.41 Å². The Labute approximate surface area is 196 Å². The summed E-state index contributed by atoms with van der Waals surface area (Å²) < 4.78 is 5.20. The van der Waals surface area contributed by atoms with Crippen LogP contribution in [-0.4, -0.2) is 64.7 Å². The van der Waals surface area contributed by atoms with E-state index in [-0.39, 0.29) is 24.5 Å². The van der Waals surface area contributed by atoms with Crippen molar-refractivity contribution in [2.75, 3.05) is 38.8 Å². The lowest BCUT2D eigenvalue weighted by Crippen LogP contribution is -2.29. The number of hydrogen-bond acceptors (Lipinski definition) is 7. The molecule has 3 aromatic rings. The van der Waals surface area contributed by atoms with Gasteiger partial charge in [-0.25, -0.2) is 15.0 Å². The van der Waals surface area contributed by atoms with Crippen LogP contribution in [0.5, 0.6) is 5.88 Å². The van der Waals surface area contributed by atoms with Gasteiger partial charge >= 0.3 is 0 Å². The summed E-state index contributed by atoms with van der Waals surface area (Å²) >= 11 is 6.18. The molecule has 1 spiro atoms. The molecule has 1 aliphatic carbocycles. The van der Waals surface area contributed by atoms with Crippen LogP contribution in [0.15, 0.2) is 42.7 Å². The lowest BCUT2D eigenvalue weighted by Gasteiger charge is -2.19. The van der Waals surface area contributed by atoms with Gasteiger partial charge in [-0.3, -0.25) is 4.79 Å². The Morgan fingerprint density at radius 3 is 2.67 bits per heavy atom. The number of hydrogen-bond donors (Lipinski definition) is 1. The lowest BCUT2D eigenvalue weighted by atomic mass is 9.97. The number of aliphatic hydroxyl groups is 1. The summed E-state index contributed by atoms with van der Waals surface area (Å²) in [5.41, 5.74) is 4.25. The number of fused-ring (bicyclic) bond motifs is 2. The van der Waals surface area contributed by atoms with Crippen LogP contribution >= 0.6 is 11.6 Å². The van der Waals surface area contributed by atoms with E-state index in [9.17, 15) is 4.79 Å². The molecule has 1 saturated carbocycles. The van der Waals surface area contributed by atoms with Crippen molar-refractivity contribution in [3.05, 3.63) is 58.9 Å². The number of anilines is 2. The molecule has 0 unspecified atom stereocenters. The van der Waals surface area contributed by atoms with Crippen molar-refractivity contribution >= 4 is 29.1 Å².